The van der Waals surface area contributed by atoms with Gasteiger partial charge in [0.25, 0.3) is 5.91 Å². The van der Waals surface area contributed by atoms with Gasteiger partial charge in [-0.15, -0.1) is 4.36 Å². The molecule has 4 nitrogen and oxygen atoms in total. The molecule has 0 saturated heterocycles. The average molecular weight is 323 g/mol. The molecule has 1 unspecified atom stereocenters. The van der Waals surface area contributed by atoms with Gasteiger partial charge in [0.05, 0.1) is 4.90 Å². The van der Waals surface area contributed by atoms with Crippen LogP contribution in [0.3, 0.4) is 0 Å². The Morgan fingerprint density at radius 2 is 1.62 bits per heavy atom. The van der Waals surface area contributed by atoms with Crippen molar-refractivity contribution >= 4 is 27.4 Å². The van der Waals surface area contributed by atoms with Crippen molar-refractivity contribution in [2.45, 2.75) is 4.90 Å². The number of amides is 1. The van der Waals surface area contributed by atoms with Crippen molar-refractivity contribution in [2.24, 2.45) is 4.36 Å². The molecule has 0 aliphatic rings. The minimum absolute atomic E-state index is 0.404. The van der Waals surface area contributed by atoms with Crippen LogP contribution in [0.1, 0.15) is 10.4 Å². The third-order valence-corrected chi connectivity index (χ3v) is 5.38. The summed E-state index contributed by atoms with van der Waals surface area (Å²) in [4.78, 5) is 12.7. The van der Waals surface area contributed by atoms with Crippen LogP contribution < -0.4 is 0 Å². The summed E-state index contributed by atoms with van der Waals surface area (Å²) in [7, 11) is 0.249. The molecule has 0 N–H and O–H groups in total. The topological polar surface area (TPSA) is 49.7 Å². The zero-order valence-corrected chi connectivity index (χ0v) is 13.3. The summed E-state index contributed by atoms with van der Waals surface area (Å²) in [6, 6.07) is 15.1. The molecule has 1 atom stereocenters. The Hall–Kier alpha value is -1.69. The molecule has 1 amide bonds. The molecule has 0 bridgehead atoms. The maximum Gasteiger partial charge on any atom is 0.286 e. The monoisotopic (exact) mass is 322 g/mol. The molecule has 0 aromatic heterocycles. The maximum absolute atomic E-state index is 13.1. The molecule has 6 heteroatoms. The molecular weight excluding hydrogens is 308 g/mol. The van der Waals surface area contributed by atoms with E-state index in [9.17, 15) is 9.00 Å². The molecule has 0 spiro atoms. The van der Waals surface area contributed by atoms with Gasteiger partial charge in [-0.05, 0) is 36.4 Å². The SMILES string of the molecule is CN(C)S(=O)(=NC(=O)c1ccccc1)c1ccc(Cl)cc1. The van der Waals surface area contributed by atoms with Crippen molar-refractivity contribution in [2.75, 3.05) is 14.1 Å². The van der Waals surface area contributed by atoms with Gasteiger partial charge in [-0.2, -0.15) is 0 Å². The van der Waals surface area contributed by atoms with Gasteiger partial charge >= 0.3 is 0 Å². The van der Waals surface area contributed by atoms with Gasteiger partial charge in [-0.3, -0.25) is 4.79 Å². The fourth-order valence-corrected chi connectivity index (χ4v) is 3.34. The maximum atomic E-state index is 13.1. The number of rotatable bonds is 3. The lowest BCUT2D eigenvalue weighted by atomic mass is 10.2. The molecule has 0 saturated carbocycles. The summed E-state index contributed by atoms with van der Waals surface area (Å²) < 4.78 is 18.5. The van der Waals surface area contributed by atoms with Gasteiger partial charge in [0.2, 0.25) is 0 Å². The Balaban J connectivity index is 2.53. The Morgan fingerprint density at radius 3 is 2.14 bits per heavy atom. The van der Waals surface area contributed by atoms with Crippen LogP contribution in [0.15, 0.2) is 63.9 Å². The molecule has 110 valence electrons. The Bertz CT molecular complexity index is 749. The summed E-state index contributed by atoms with van der Waals surface area (Å²) in [5.74, 6) is -0.510. The second-order valence-electron chi connectivity index (χ2n) is 4.53. The predicted octanol–water partition coefficient (Wildman–Crippen LogP) is 3.48. The minimum atomic E-state index is -3.00. The first kappa shape index (κ1) is 15.7. The average Bonchev–Trinajstić information content (AvgIpc) is 2.48. The third kappa shape index (κ3) is 3.50. The summed E-state index contributed by atoms with van der Waals surface area (Å²) in [6.45, 7) is 0. The van der Waals surface area contributed by atoms with Crippen LogP contribution in [0.5, 0.6) is 0 Å². The van der Waals surface area contributed by atoms with E-state index in [0.717, 1.165) is 0 Å². The first-order valence-corrected chi connectivity index (χ1v) is 8.08. The zero-order valence-electron chi connectivity index (χ0n) is 11.7. The molecule has 0 aliphatic heterocycles. The molecule has 0 heterocycles. The van der Waals surface area contributed by atoms with Gasteiger partial charge in [-0.25, -0.2) is 8.51 Å². The van der Waals surface area contributed by atoms with Crippen molar-refractivity contribution in [1.82, 2.24) is 4.31 Å². The van der Waals surface area contributed by atoms with E-state index in [1.807, 2.05) is 0 Å². The van der Waals surface area contributed by atoms with Crippen molar-refractivity contribution < 1.29 is 9.00 Å². The highest BCUT2D eigenvalue weighted by Crippen LogP contribution is 2.20. The highest BCUT2D eigenvalue weighted by molar-refractivity contribution is 7.91. The molecular formula is C15H15ClN2O2S. The van der Waals surface area contributed by atoms with E-state index in [4.69, 9.17) is 11.6 Å². The van der Waals surface area contributed by atoms with E-state index in [0.29, 0.717) is 15.5 Å². The fourth-order valence-electron chi connectivity index (χ4n) is 1.70. The Morgan fingerprint density at radius 1 is 1.05 bits per heavy atom. The van der Waals surface area contributed by atoms with E-state index in [1.165, 1.54) is 4.31 Å². The highest BCUT2D eigenvalue weighted by atomic mass is 35.5. The van der Waals surface area contributed by atoms with Crippen LogP contribution in [0.25, 0.3) is 0 Å². The summed E-state index contributed by atoms with van der Waals surface area (Å²) in [6.07, 6.45) is 0. The largest absolute Gasteiger partial charge is 0.286 e. The number of hydrogen-bond acceptors (Lipinski definition) is 2. The van der Waals surface area contributed by atoms with E-state index in [1.54, 1.807) is 68.7 Å². The van der Waals surface area contributed by atoms with Gasteiger partial charge in [-0.1, -0.05) is 29.8 Å². The van der Waals surface area contributed by atoms with Gasteiger partial charge < -0.3 is 0 Å². The third-order valence-electron chi connectivity index (χ3n) is 2.84. The predicted molar refractivity (Wildman–Crippen MR) is 84.7 cm³/mol. The molecule has 2 aromatic carbocycles. The molecule has 2 aromatic rings. The number of halogens is 1. The quantitative estimate of drug-likeness (QED) is 0.868. The Labute approximate surface area is 129 Å². The van der Waals surface area contributed by atoms with Crippen LogP contribution in [0.2, 0.25) is 5.02 Å². The Kier molecular flexibility index (Phi) is 4.77. The normalized spacial score (nSPS) is 13.7. The van der Waals surface area contributed by atoms with Crippen LogP contribution in [0.4, 0.5) is 0 Å². The number of carbonyl (C=O) groups excluding carboxylic acids is 1. The second-order valence-corrected chi connectivity index (χ2v) is 7.34. The molecule has 0 radical (unpaired) electrons. The smallest absolute Gasteiger partial charge is 0.266 e. The van der Waals surface area contributed by atoms with E-state index in [-0.39, 0.29) is 0 Å². The number of carbonyl (C=O) groups is 1. The number of nitrogens with zero attached hydrogens (tertiary/aromatic N) is 2. The van der Waals surface area contributed by atoms with Crippen LogP contribution in [0, 0.1) is 0 Å². The lowest BCUT2D eigenvalue weighted by Gasteiger charge is -2.17. The molecule has 0 fully saturated rings. The standard InChI is InChI=1S/C15H15ClN2O2S/c1-18(2)21(20,14-10-8-13(16)9-11-14)17-15(19)12-6-4-3-5-7-12/h3-11H,1-2H3. The number of benzene rings is 2. The van der Waals surface area contributed by atoms with E-state index < -0.39 is 15.8 Å². The first-order chi connectivity index (χ1) is 9.93. The highest BCUT2D eigenvalue weighted by Gasteiger charge is 2.18. The minimum Gasteiger partial charge on any atom is -0.266 e. The molecule has 0 aliphatic carbocycles. The van der Waals surface area contributed by atoms with E-state index in [2.05, 4.69) is 4.36 Å². The summed E-state index contributed by atoms with van der Waals surface area (Å²) in [5, 5.41) is 0.536. The summed E-state index contributed by atoms with van der Waals surface area (Å²) in [5.41, 5.74) is 0.404. The van der Waals surface area contributed by atoms with E-state index >= 15 is 0 Å². The molecule has 21 heavy (non-hydrogen) atoms. The lowest BCUT2D eigenvalue weighted by Crippen LogP contribution is -2.23. The van der Waals surface area contributed by atoms with Gasteiger partial charge in [0.15, 0.2) is 0 Å². The van der Waals surface area contributed by atoms with Crippen LogP contribution in [-0.4, -0.2) is 28.5 Å². The van der Waals surface area contributed by atoms with Gasteiger partial charge in [0.1, 0.15) is 9.92 Å². The first-order valence-electron chi connectivity index (χ1n) is 6.23. The second kappa shape index (κ2) is 6.39. The summed E-state index contributed by atoms with van der Waals surface area (Å²) >= 11 is 5.84. The lowest BCUT2D eigenvalue weighted by molar-refractivity contribution is 0.100. The van der Waals surface area contributed by atoms with Crippen molar-refractivity contribution in [1.29, 1.82) is 0 Å². The van der Waals surface area contributed by atoms with Gasteiger partial charge in [0, 0.05) is 24.7 Å². The fraction of sp³-hybridized carbons (Fsp3) is 0.133. The van der Waals surface area contributed by atoms with Crippen LogP contribution >= 0.6 is 11.6 Å². The van der Waals surface area contributed by atoms with Crippen LogP contribution in [-0.2, 0) is 9.92 Å². The molecule has 2 rings (SSSR count). The zero-order chi connectivity index (χ0) is 15.5. The number of hydrogen-bond donors (Lipinski definition) is 0. The van der Waals surface area contributed by atoms with Crippen molar-refractivity contribution in [3.63, 3.8) is 0 Å². The van der Waals surface area contributed by atoms with Crippen molar-refractivity contribution in [3.05, 3.63) is 65.2 Å². The van der Waals surface area contributed by atoms with Crippen molar-refractivity contribution in [3.8, 4) is 0 Å².